The van der Waals surface area contributed by atoms with Crippen LogP contribution in [-0.2, 0) is 6.42 Å². The molecular formula is C17H19N5. The van der Waals surface area contributed by atoms with Crippen molar-refractivity contribution in [2.24, 2.45) is 5.92 Å². The fourth-order valence-corrected chi connectivity index (χ4v) is 3.55. The number of nitrogens with two attached hydrogens (primary N) is 1. The van der Waals surface area contributed by atoms with Gasteiger partial charge in [0.2, 0.25) is 0 Å². The van der Waals surface area contributed by atoms with Crippen LogP contribution in [-0.4, -0.2) is 19.7 Å². The van der Waals surface area contributed by atoms with E-state index in [1.165, 1.54) is 18.3 Å². The summed E-state index contributed by atoms with van der Waals surface area (Å²) in [5, 5.41) is 5.37. The maximum Gasteiger partial charge on any atom is 0.163 e. The molecule has 112 valence electrons. The minimum atomic E-state index is 0.417. The summed E-state index contributed by atoms with van der Waals surface area (Å²) < 4.78 is 2.04. The fraction of sp³-hybridized carbons (Fsp3) is 0.353. The number of aromatic nitrogens is 4. The molecule has 4 rings (SSSR count). The molecule has 0 radical (unpaired) electrons. The molecule has 2 aromatic heterocycles. The molecule has 22 heavy (non-hydrogen) atoms. The van der Waals surface area contributed by atoms with Gasteiger partial charge < -0.3 is 5.73 Å². The molecule has 2 unspecified atom stereocenters. The second kappa shape index (κ2) is 5.40. The lowest BCUT2D eigenvalue weighted by molar-refractivity contribution is 0.448. The molecule has 1 aromatic carbocycles. The van der Waals surface area contributed by atoms with Gasteiger partial charge in [-0.1, -0.05) is 30.3 Å². The monoisotopic (exact) mass is 293 g/mol. The van der Waals surface area contributed by atoms with Crippen molar-refractivity contribution < 1.29 is 0 Å². The highest BCUT2D eigenvalue weighted by Crippen LogP contribution is 2.37. The average molecular weight is 293 g/mol. The Morgan fingerprint density at radius 3 is 2.86 bits per heavy atom. The standard InChI is InChI=1S/C17H19N5/c18-16-15-10-21-22(17(15)20-11-19-16)14-7-6-13(9-14)8-12-4-2-1-3-5-12/h1-5,10-11,13-14H,6-9H2,(H2,18,19,20). The Hall–Kier alpha value is -2.43. The Morgan fingerprint density at radius 2 is 2.00 bits per heavy atom. The van der Waals surface area contributed by atoms with Gasteiger partial charge in [0, 0.05) is 0 Å². The van der Waals surface area contributed by atoms with Gasteiger partial charge in [0.25, 0.3) is 0 Å². The van der Waals surface area contributed by atoms with Crippen LogP contribution in [0.25, 0.3) is 11.0 Å². The third-order valence-electron chi connectivity index (χ3n) is 4.65. The molecule has 5 heteroatoms. The Morgan fingerprint density at radius 1 is 1.14 bits per heavy atom. The van der Waals surface area contributed by atoms with E-state index in [2.05, 4.69) is 45.4 Å². The molecule has 1 fully saturated rings. The van der Waals surface area contributed by atoms with E-state index in [1.54, 1.807) is 6.20 Å². The molecule has 1 aliphatic rings. The predicted octanol–water partition coefficient (Wildman–Crippen LogP) is 2.99. The van der Waals surface area contributed by atoms with Crippen LogP contribution in [0.4, 0.5) is 5.82 Å². The van der Waals surface area contributed by atoms with Crippen molar-refractivity contribution in [3.8, 4) is 0 Å². The Bertz CT molecular complexity index is 780. The third-order valence-corrected chi connectivity index (χ3v) is 4.65. The molecule has 0 bridgehead atoms. The Labute approximate surface area is 129 Å². The van der Waals surface area contributed by atoms with E-state index in [1.807, 2.05) is 4.68 Å². The van der Waals surface area contributed by atoms with Crippen LogP contribution in [0.1, 0.15) is 30.9 Å². The maximum absolute atomic E-state index is 5.89. The van der Waals surface area contributed by atoms with E-state index < -0.39 is 0 Å². The minimum absolute atomic E-state index is 0.417. The molecule has 2 atom stereocenters. The van der Waals surface area contributed by atoms with E-state index in [-0.39, 0.29) is 0 Å². The van der Waals surface area contributed by atoms with Crippen LogP contribution >= 0.6 is 0 Å². The van der Waals surface area contributed by atoms with Gasteiger partial charge in [-0.05, 0) is 37.2 Å². The lowest BCUT2D eigenvalue weighted by Crippen LogP contribution is -2.09. The zero-order chi connectivity index (χ0) is 14.9. The predicted molar refractivity (Wildman–Crippen MR) is 86.3 cm³/mol. The van der Waals surface area contributed by atoms with Gasteiger partial charge in [-0.2, -0.15) is 5.10 Å². The van der Waals surface area contributed by atoms with Crippen LogP contribution in [0, 0.1) is 5.92 Å². The van der Waals surface area contributed by atoms with Gasteiger partial charge in [0.1, 0.15) is 12.1 Å². The second-order valence-electron chi connectivity index (χ2n) is 6.11. The van der Waals surface area contributed by atoms with Crippen LogP contribution in [0.15, 0.2) is 42.9 Å². The zero-order valence-corrected chi connectivity index (χ0v) is 12.4. The lowest BCUT2D eigenvalue weighted by atomic mass is 9.98. The number of hydrogen-bond acceptors (Lipinski definition) is 4. The molecule has 5 nitrogen and oxygen atoms in total. The van der Waals surface area contributed by atoms with Crippen molar-refractivity contribution in [2.45, 2.75) is 31.7 Å². The highest BCUT2D eigenvalue weighted by atomic mass is 15.3. The van der Waals surface area contributed by atoms with Crippen LogP contribution in [0.2, 0.25) is 0 Å². The van der Waals surface area contributed by atoms with Gasteiger partial charge in [-0.3, -0.25) is 0 Å². The van der Waals surface area contributed by atoms with Crippen LogP contribution in [0.3, 0.4) is 0 Å². The Kier molecular flexibility index (Phi) is 3.25. The molecule has 2 N–H and O–H groups in total. The van der Waals surface area contributed by atoms with Gasteiger partial charge in [-0.25, -0.2) is 14.6 Å². The molecule has 3 aromatic rings. The number of hydrogen-bond donors (Lipinski definition) is 1. The normalized spacial score (nSPS) is 21.5. The molecule has 0 aliphatic heterocycles. The van der Waals surface area contributed by atoms with Crippen molar-refractivity contribution in [3.63, 3.8) is 0 Å². The van der Waals surface area contributed by atoms with Crippen molar-refractivity contribution in [2.75, 3.05) is 5.73 Å². The highest BCUT2D eigenvalue weighted by Gasteiger charge is 2.28. The summed E-state index contributed by atoms with van der Waals surface area (Å²) in [5.74, 6) is 1.22. The van der Waals surface area contributed by atoms with Gasteiger partial charge >= 0.3 is 0 Å². The molecule has 0 amide bonds. The van der Waals surface area contributed by atoms with E-state index in [0.717, 1.165) is 30.3 Å². The van der Waals surface area contributed by atoms with Crippen LogP contribution in [0.5, 0.6) is 0 Å². The van der Waals surface area contributed by atoms with Crippen molar-refractivity contribution in [1.82, 2.24) is 19.7 Å². The summed E-state index contributed by atoms with van der Waals surface area (Å²) in [4.78, 5) is 8.40. The maximum atomic E-state index is 5.89. The summed E-state index contributed by atoms with van der Waals surface area (Å²) >= 11 is 0. The van der Waals surface area contributed by atoms with Crippen molar-refractivity contribution >= 4 is 16.9 Å². The average Bonchev–Trinajstić information content (AvgIpc) is 3.15. The van der Waals surface area contributed by atoms with Gasteiger partial charge in [0.05, 0.1) is 17.6 Å². The number of anilines is 1. The number of nitrogen functional groups attached to an aromatic ring is 1. The summed E-state index contributed by atoms with van der Waals surface area (Å²) in [6, 6.07) is 11.1. The number of rotatable bonds is 3. The highest BCUT2D eigenvalue weighted by molar-refractivity contribution is 5.84. The fourth-order valence-electron chi connectivity index (χ4n) is 3.55. The topological polar surface area (TPSA) is 69.6 Å². The quantitative estimate of drug-likeness (QED) is 0.806. The summed E-state index contributed by atoms with van der Waals surface area (Å²) in [6.07, 6.45) is 7.99. The van der Waals surface area contributed by atoms with Crippen molar-refractivity contribution in [3.05, 3.63) is 48.4 Å². The smallest absolute Gasteiger partial charge is 0.163 e. The Balaban J connectivity index is 1.53. The zero-order valence-electron chi connectivity index (χ0n) is 12.4. The third kappa shape index (κ3) is 2.32. The number of fused-ring (bicyclic) bond motifs is 1. The second-order valence-corrected chi connectivity index (χ2v) is 6.11. The van der Waals surface area contributed by atoms with E-state index in [0.29, 0.717) is 17.8 Å². The summed E-state index contributed by atoms with van der Waals surface area (Å²) in [5.41, 5.74) is 8.17. The molecular weight excluding hydrogens is 274 g/mol. The first-order valence-corrected chi connectivity index (χ1v) is 7.79. The first-order valence-electron chi connectivity index (χ1n) is 7.79. The first kappa shape index (κ1) is 13.2. The van der Waals surface area contributed by atoms with Gasteiger partial charge in [-0.15, -0.1) is 0 Å². The number of nitrogens with zero attached hydrogens (tertiary/aromatic N) is 4. The first-order chi connectivity index (χ1) is 10.8. The van der Waals surface area contributed by atoms with E-state index >= 15 is 0 Å². The van der Waals surface area contributed by atoms with Crippen LogP contribution < -0.4 is 5.73 Å². The van der Waals surface area contributed by atoms with E-state index in [9.17, 15) is 0 Å². The lowest BCUT2D eigenvalue weighted by Gasteiger charge is -2.13. The molecule has 2 heterocycles. The molecule has 1 aliphatic carbocycles. The van der Waals surface area contributed by atoms with E-state index in [4.69, 9.17) is 5.73 Å². The van der Waals surface area contributed by atoms with Gasteiger partial charge in [0.15, 0.2) is 5.65 Å². The summed E-state index contributed by atoms with van der Waals surface area (Å²) in [7, 11) is 0. The number of benzene rings is 1. The molecule has 0 spiro atoms. The minimum Gasteiger partial charge on any atom is -0.383 e. The molecule has 0 saturated heterocycles. The summed E-state index contributed by atoms with van der Waals surface area (Å²) in [6.45, 7) is 0. The largest absolute Gasteiger partial charge is 0.383 e. The molecule has 1 saturated carbocycles. The SMILES string of the molecule is Nc1ncnc2c1cnn2C1CCC(Cc2ccccc2)C1. The van der Waals surface area contributed by atoms with Crippen molar-refractivity contribution in [1.29, 1.82) is 0 Å².